The fraction of sp³-hybridized carbons (Fsp3) is 0.353. The number of primary amides is 1. The lowest BCUT2D eigenvalue weighted by molar-refractivity contribution is -0.111. The van der Waals surface area contributed by atoms with Crippen LogP contribution in [0.2, 0.25) is 0 Å². The molecular formula is C17H24N6OS. The number of nitrogens with zero attached hydrogens (tertiary/aromatic N) is 3. The number of aliphatic imine (C=N–C) groups is 2. The highest BCUT2D eigenvalue weighted by molar-refractivity contribution is 8.26. The van der Waals surface area contributed by atoms with Gasteiger partial charge < -0.3 is 22.1 Å². The van der Waals surface area contributed by atoms with Crippen molar-refractivity contribution in [1.29, 1.82) is 0 Å². The number of anilines is 1. The molecule has 1 unspecified atom stereocenters. The summed E-state index contributed by atoms with van der Waals surface area (Å²) in [7, 11) is 1.61. The third-order valence-corrected chi connectivity index (χ3v) is 4.83. The van der Waals surface area contributed by atoms with Crippen LogP contribution in [0.1, 0.15) is 24.8 Å². The van der Waals surface area contributed by atoms with Crippen LogP contribution < -0.4 is 22.1 Å². The third kappa shape index (κ3) is 4.40. The van der Waals surface area contributed by atoms with E-state index in [1.54, 1.807) is 14.0 Å². The van der Waals surface area contributed by atoms with E-state index in [0.29, 0.717) is 24.0 Å². The zero-order valence-electron chi connectivity index (χ0n) is 14.5. The molecule has 0 spiro atoms. The zero-order valence-corrected chi connectivity index (χ0v) is 15.3. The van der Waals surface area contributed by atoms with Gasteiger partial charge in [0.25, 0.3) is 5.91 Å². The van der Waals surface area contributed by atoms with Crippen LogP contribution in [0.4, 0.5) is 5.69 Å². The van der Waals surface area contributed by atoms with Crippen molar-refractivity contribution in [3.63, 3.8) is 0 Å². The predicted molar refractivity (Wildman–Crippen MR) is 106 cm³/mol. The van der Waals surface area contributed by atoms with E-state index in [4.69, 9.17) is 17.2 Å². The number of thioether (sulfide) groups is 1. The number of rotatable bonds is 5. The number of amides is 1. The van der Waals surface area contributed by atoms with Crippen LogP contribution >= 0.6 is 11.8 Å². The first kappa shape index (κ1) is 19.0. The molecule has 25 heavy (non-hydrogen) atoms. The molecule has 1 amide bonds. The first-order valence-corrected chi connectivity index (χ1v) is 8.86. The van der Waals surface area contributed by atoms with Gasteiger partial charge in [-0.25, -0.2) is 4.99 Å². The molecule has 7 nitrogen and oxygen atoms in total. The van der Waals surface area contributed by atoms with Crippen molar-refractivity contribution in [3.8, 4) is 0 Å². The average Bonchev–Trinajstić information content (AvgIpc) is 2.96. The number of benzene rings is 1. The van der Waals surface area contributed by atoms with E-state index >= 15 is 0 Å². The average molecular weight is 360 g/mol. The Balaban J connectivity index is 2.36. The Morgan fingerprint density at radius 2 is 2.12 bits per heavy atom. The van der Waals surface area contributed by atoms with Gasteiger partial charge in [0.1, 0.15) is 5.82 Å². The minimum atomic E-state index is -0.611. The normalized spacial score (nSPS) is 18.4. The molecule has 1 aliphatic heterocycles. The zero-order chi connectivity index (χ0) is 18.4. The van der Waals surface area contributed by atoms with Crippen molar-refractivity contribution in [2.24, 2.45) is 27.2 Å². The van der Waals surface area contributed by atoms with Gasteiger partial charge >= 0.3 is 0 Å². The number of para-hydroxylation sites is 1. The molecule has 1 aromatic carbocycles. The van der Waals surface area contributed by atoms with Gasteiger partial charge in [0.2, 0.25) is 0 Å². The number of fused-ring (bicyclic) bond motifs is 1. The fourth-order valence-electron chi connectivity index (χ4n) is 2.82. The summed E-state index contributed by atoms with van der Waals surface area (Å²) >= 11 is 1.07. The Morgan fingerprint density at radius 3 is 2.76 bits per heavy atom. The molecule has 134 valence electrons. The summed E-state index contributed by atoms with van der Waals surface area (Å²) in [5, 5.41) is 0.150. The van der Waals surface area contributed by atoms with Crippen LogP contribution in [-0.2, 0) is 4.79 Å². The van der Waals surface area contributed by atoms with E-state index in [9.17, 15) is 4.79 Å². The van der Waals surface area contributed by atoms with E-state index in [0.717, 1.165) is 30.4 Å². The maximum Gasteiger partial charge on any atom is 0.274 e. The Morgan fingerprint density at radius 1 is 1.40 bits per heavy atom. The third-order valence-electron chi connectivity index (χ3n) is 4.00. The monoisotopic (exact) mass is 360 g/mol. The largest absolute Gasteiger partial charge is 0.384 e. The summed E-state index contributed by atoms with van der Waals surface area (Å²) in [5.41, 5.74) is 21.8. The van der Waals surface area contributed by atoms with Gasteiger partial charge in [-0.05, 0) is 31.5 Å². The molecule has 1 heterocycles. The van der Waals surface area contributed by atoms with Gasteiger partial charge in [0.15, 0.2) is 5.04 Å². The molecule has 1 aliphatic rings. The minimum absolute atomic E-state index is 0.150. The standard InChI is InChI=1S/C17H24N6OS/c1-11(22-17(16(20)24)25-10-21-2)15(19)23-9-12(7-8-18)13-5-3-4-6-14(13)23/h3-6,10,12H,7-9,18-19H2,1-2H3,(H2,20,24)/b15-11-,21-10+,22-17-. The van der Waals surface area contributed by atoms with E-state index in [1.807, 2.05) is 23.1 Å². The van der Waals surface area contributed by atoms with E-state index in [1.165, 1.54) is 11.1 Å². The molecule has 0 fully saturated rings. The lowest BCUT2D eigenvalue weighted by Crippen LogP contribution is -2.28. The number of carbonyl (C=O) groups excluding carboxylic acids is 1. The summed E-state index contributed by atoms with van der Waals surface area (Å²) in [4.78, 5) is 21.7. The van der Waals surface area contributed by atoms with Crippen LogP contribution in [0.5, 0.6) is 0 Å². The molecule has 0 aliphatic carbocycles. The SMILES string of the molecule is C/N=C/S/C(=N\C(C)=C(\N)N1CC(CCN)c2ccccc21)C(N)=O. The Labute approximate surface area is 152 Å². The second-order valence-corrected chi connectivity index (χ2v) is 6.51. The maximum atomic E-state index is 11.5. The van der Waals surface area contributed by atoms with Crippen LogP contribution in [0.15, 0.2) is 45.8 Å². The number of hydrogen-bond acceptors (Lipinski definition) is 7. The molecule has 0 radical (unpaired) electrons. The molecule has 1 aromatic rings. The van der Waals surface area contributed by atoms with E-state index in [2.05, 4.69) is 16.1 Å². The van der Waals surface area contributed by atoms with Gasteiger partial charge in [0, 0.05) is 25.2 Å². The number of nitrogens with two attached hydrogens (primary N) is 3. The number of carbonyl (C=O) groups is 1. The van der Waals surface area contributed by atoms with Crippen LogP contribution in [-0.4, -0.2) is 36.6 Å². The van der Waals surface area contributed by atoms with Gasteiger partial charge in [0.05, 0.1) is 11.2 Å². The van der Waals surface area contributed by atoms with E-state index < -0.39 is 5.91 Å². The summed E-state index contributed by atoms with van der Waals surface area (Å²) in [5.74, 6) is 0.216. The van der Waals surface area contributed by atoms with Crippen molar-refractivity contribution in [2.45, 2.75) is 19.3 Å². The number of allylic oxidation sites excluding steroid dienone is 1. The Kier molecular flexibility index (Phi) is 6.60. The summed E-state index contributed by atoms with van der Waals surface area (Å²) in [6, 6.07) is 8.13. The smallest absolute Gasteiger partial charge is 0.274 e. The quantitative estimate of drug-likeness (QED) is 0.540. The molecule has 8 heteroatoms. The first-order chi connectivity index (χ1) is 12.0. The Bertz CT molecular complexity index is 728. The Hall–Kier alpha value is -2.32. The lowest BCUT2D eigenvalue weighted by atomic mass is 9.98. The number of hydrogen-bond donors (Lipinski definition) is 3. The van der Waals surface area contributed by atoms with Crippen LogP contribution in [0.25, 0.3) is 0 Å². The van der Waals surface area contributed by atoms with Gasteiger partial charge in [-0.3, -0.25) is 9.79 Å². The highest BCUT2D eigenvalue weighted by Crippen LogP contribution is 2.39. The first-order valence-electron chi connectivity index (χ1n) is 7.98. The van der Waals surface area contributed by atoms with E-state index in [-0.39, 0.29) is 5.04 Å². The van der Waals surface area contributed by atoms with Gasteiger partial charge in [-0.1, -0.05) is 30.0 Å². The topological polar surface area (TPSA) is 123 Å². The van der Waals surface area contributed by atoms with Crippen molar-refractivity contribution < 1.29 is 4.79 Å². The highest BCUT2D eigenvalue weighted by atomic mass is 32.2. The fourth-order valence-corrected chi connectivity index (χ4v) is 3.33. The second-order valence-electron chi connectivity index (χ2n) is 5.68. The van der Waals surface area contributed by atoms with Crippen LogP contribution in [0.3, 0.4) is 0 Å². The second kappa shape index (κ2) is 8.68. The summed E-state index contributed by atoms with van der Waals surface area (Å²) in [6.07, 6.45) is 0.887. The minimum Gasteiger partial charge on any atom is -0.384 e. The molecule has 6 N–H and O–H groups in total. The van der Waals surface area contributed by atoms with Crippen LogP contribution in [0, 0.1) is 0 Å². The van der Waals surface area contributed by atoms with Crippen molar-refractivity contribution >= 4 is 33.9 Å². The maximum absolute atomic E-state index is 11.5. The lowest BCUT2D eigenvalue weighted by Gasteiger charge is -2.21. The van der Waals surface area contributed by atoms with Crippen molar-refractivity contribution in [3.05, 3.63) is 41.3 Å². The van der Waals surface area contributed by atoms with Gasteiger partial charge in [-0.15, -0.1) is 0 Å². The molecule has 2 rings (SSSR count). The van der Waals surface area contributed by atoms with Gasteiger partial charge in [-0.2, -0.15) is 0 Å². The predicted octanol–water partition coefficient (Wildman–Crippen LogP) is 1.36. The summed E-state index contributed by atoms with van der Waals surface area (Å²) < 4.78 is 0. The summed E-state index contributed by atoms with van der Waals surface area (Å²) in [6.45, 7) is 3.12. The van der Waals surface area contributed by atoms with Crippen molar-refractivity contribution in [2.75, 3.05) is 25.0 Å². The molecule has 0 saturated carbocycles. The molecule has 0 aromatic heterocycles. The highest BCUT2D eigenvalue weighted by Gasteiger charge is 2.29. The molecule has 0 bridgehead atoms. The molecule has 1 atom stereocenters. The molecule has 0 saturated heterocycles. The van der Waals surface area contributed by atoms with Crippen molar-refractivity contribution in [1.82, 2.24) is 0 Å². The molecular weight excluding hydrogens is 336 g/mol.